The van der Waals surface area contributed by atoms with E-state index in [2.05, 4.69) is 10.2 Å². The monoisotopic (exact) mass is 334 g/mol. The summed E-state index contributed by atoms with van der Waals surface area (Å²) in [7, 11) is 1.72. The molecule has 0 aliphatic heterocycles. The van der Waals surface area contributed by atoms with E-state index in [0.717, 1.165) is 12.2 Å². The van der Waals surface area contributed by atoms with Crippen molar-refractivity contribution < 1.29 is 9.72 Å². The normalized spacial score (nSPS) is 10.8. The molecule has 0 radical (unpaired) electrons. The van der Waals surface area contributed by atoms with Crippen LogP contribution >= 0.6 is 0 Å². The highest BCUT2D eigenvalue weighted by molar-refractivity contribution is 5.75. The Kier molecular flexibility index (Phi) is 5.32. The first-order valence-corrected chi connectivity index (χ1v) is 7.78. The SMILES string of the molecule is CCn1ccc(CN(C)C(=O)CCn2nc(C)c([N+](=O)[O-])c2C)n1. The molecular formula is C15H22N6O3. The first-order chi connectivity index (χ1) is 11.3. The molecule has 0 aliphatic carbocycles. The molecule has 0 aliphatic rings. The lowest BCUT2D eigenvalue weighted by atomic mass is 10.3. The van der Waals surface area contributed by atoms with Gasteiger partial charge in [-0.1, -0.05) is 0 Å². The van der Waals surface area contributed by atoms with Gasteiger partial charge in [0.1, 0.15) is 11.4 Å². The van der Waals surface area contributed by atoms with E-state index in [1.54, 1.807) is 25.8 Å². The van der Waals surface area contributed by atoms with Gasteiger partial charge in [-0.25, -0.2) is 0 Å². The van der Waals surface area contributed by atoms with E-state index in [-0.39, 0.29) is 18.0 Å². The number of hydrogen-bond donors (Lipinski definition) is 0. The summed E-state index contributed by atoms with van der Waals surface area (Å²) < 4.78 is 3.33. The van der Waals surface area contributed by atoms with Crippen LogP contribution in [0.3, 0.4) is 0 Å². The number of carbonyl (C=O) groups excluding carboxylic acids is 1. The third-order valence-corrected chi connectivity index (χ3v) is 3.91. The average Bonchev–Trinajstić information content (AvgIpc) is 3.08. The maximum atomic E-state index is 12.3. The molecule has 24 heavy (non-hydrogen) atoms. The van der Waals surface area contributed by atoms with Crippen LogP contribution in [0.15, 0.2) is 12.3 Å². The van der Waals surface area contributed by atoms with Crippen LogP contribution in [0.4, 0.5) is 5.69 Å². The summed E-state index contributed by atoms with van der Waals surface area (Å²) in [5.41, 5.74) is 1.67. The fraction of sp³-hybridized carbons (Fsp3) is 0.533. The minimum atomic E-state index is -0.438. The zero-order valence-electron chi connectivity index (χ0n) is 14.4. The molecule has 9 nitrogen and oxygen atoms in total. The van der Waals surface area contributed by atoms with Gasteiger partial charge in [0.2, 0.25) is 5.91 Å². The van der Waals surface area contributed by atoms with Crippen molar-refractivity contribution in [1.29, 1.82) is 0 Å². The van der Waals surface area contributed by atoms with Gasteiger partial charge in [0.25, 0.3) is 0 Å². The van der Waals surface area contributed by atoms with Gasteiger partial charge < -0.3 is 4.90 Å². The second-order valence-electron chi connectivity index (χ2n) is 5.66. The zero-order chi connectivity index (χ0) is 17.9. The molecular weight excluding hydrogens is 312 g/mol. The van der Waals surface area contributed by atoms with E-state index in [9.17, 15) is 14.9 Å². The summed E-state index contributed by atoms with van der Waals surface area (Å²) in [5.74, 6) is -0.0590. The molecule has 2 aromatic rings. The molecule has 0 N–H and O–H groups in total. The van der Waals surface area contributed by atoms with E-state index in [1.165, 1.54) is 4.68 Å². The number of nitro groups is 1. The summed E-state index contributed by atoms with van der Waals surface area (Å²) in [6.45, 7) is 6.77. The van der Waals surface area contributed by atoms with Gasteiger partial charge in [-0.15, -0.1) is 0 Å². The minimum absolute atomic E-state index is 0.0147. The van der Waals surface area contributed by atoms with Crippen LogP contribution in [0.25, 0.3) is 0 Å². The highest BCUT2D eigenvalue weighted by Gasteiger charge is 2.22. The maximum absolute atomic E-state index is 12.3. The molecule has 0 fully saturated rings. The first kappa shape index (κ1) is 17.6. The molecule has 0 aromatic carbocycles. The zero-order valence-corrected chi connectivity index (χ0v) is 14.4. The number of carbonyl (C=O) groups is 1. The van der Waals surface area contributed by atoms with E-state index >= 15 is 0 Å². The molecule has 0 bridgehead atoms. The van der Waals surface area contributed by atoms with Crippen molar-refractivity contribution in [2.75, 3.05) is 7.05 Å². The Balaban J connectivity index is 1.95. The highest BCUT2D eigenvalue weighted by atomic mass is 16.6. The van der Waals surface area contributed by atoms with Gasteiger partial charge in [-0.05, 0) is 26.8 Å². The van der Waals surface area contributed by atoms with Crippen molar-refractivity contribution in [2.24, 2.45) is 0 Å². The number of hydrogen-bond acceptors (Lipinski definition) is 5. The van der Waals surface area contributed by atoms with Crippen LogP contribution in [-0.2, 0) is 24.4 Å². The number of nitrogens with zero attached hydrogens (tertiary/aromatic N) is 6. The largest absolute Gasteiger partial charge is 0.340 e. The van der Waals surface area contributed by atoms with Gasteiger partial charge >= 0.3 is 5.69 Å². The quantitative estimate of drug-likeness (QED) is 0.566. The molecule has 2 aromatic heterocycles. The van der Waals surface area contributed by atoms with Gasteiger partial charge in [-0.2, -0.15) is 10.2 Å². The smallest absolute Gasteiger partial charge is 0.312 e. The number of amides is 1. The summed E-state index contributed by atoms with van der Waals surface area (Å²) in [5, 5.41) is 19.5. The molecule has 9 heteroatoms. The van der Waals surface area contributed by atoms with Crippen molar-refractivity contribution in [2.45, 2.75) is 46.8 Å². The first-order valence-electron chi connectivity index (χ1n) is 7.78. The Morgan fingerprint density at radius 3 is 2.62 bits per heavy atom. The van der Waals surface area contributed by atoms with Crippen molar-refractivity contribution in [3.63, 3.8) is 0 Å². The third-order valence-electron chi connectivity index (χ3n) is 3.91. The number of aryl methyl sites for hydroxylation is 3. The van der Waals surface area contributed by atoms with Crippen molar-refractivity contribution in [1.82, 2.24) is 24.5 Å². The minimum Gasteiger partial charge on any atom is -0.340 e. The topological polar surface area (TPSA) is 99.1 Å². The lowest BCUT2D eigenvalue weighted by Gasteiger charge is -2.16. The highest BCUT2D eigenvalue weighted by Crippen LogP contribution is 2.21. The predicted molar refractivity (Wildman–Crippen MR) is 87.3 cm³/mol. The van der Waals surface area contributed by atoms with Gasteiger partial charge in [0.05, 0.1) is 23.7 Å². The second kappa shape index (κ2) is 7.24. The summed E-state index contributed by atoms with van der Waals surface area (Å²) in [6, 6.07) is 1.89. The lowest BCUT2D eigenvalue weighted by Crippen LogP contribution is -2.27. The molecule has 1 amide bonds. The van der Waals surface area contributed by atoms with E-state index < -0.39 is 4.92 Å². The van der Waals surface area contributed by atoms with E-state index in [0.29, 0.717) is 24.5 Å². The number of aromatic nitrogens is 4. The Hall–Kier alpha value is -2.71. The molecule has 0 unspecified atom stereocenters. The Morgan fingerprint density at radius 2 is 2.08 bits per heavy atom. The van der Waals surface area contributed by atoms with Crippen LogP contribution < -0.4 is 0 Å². The molecule has 0 atom stereocenters. The Labute approximate surface area is 140 Å². The number of rotatable bonds is 7. The maximum Gasteiger partial charge on any atom is 0.312 e. The molecule has 0 spiro atoms. The van der Waals surface area contributed by atoms with Crippen LogP contribution in [0.5, 0.6) is 0 Å². The van der Waals surface area contributed by atoms with Gasteiger partial charge in [0.15, 0.2) is 0 Å². The fourth-order valence-electron chi connectivity index (χ4n) is 2.56. The van der Waals surface area contributed by atoms with E-state index in [1.807, 2.05) is 23.9 Å². The lowest BCUT2D eigenvalue weighted by molar-refractivity contribution is -0.386. The van der Waals surface area contributed by atoms with Crippen molar-refractivity contribution >= 4 is 11.6 Å². The van der Waals surface area contributed by atoms with Crippen LogP contribution in [0.1, 0.15) is 30.4 Å². The summed E-state index contributed by atoms with van der Waals surface area (Å²) in [4.78, 5) is 24.4. The predicted octanol–water partition coefficient (Wildman–Crippen LogP) is 1.67. The molecule has 130 valence electrons. The third kappa shape index (κ3) is 3.79. The van der Waals surface area contributed by atoms with Crippen molar-refractivity contribution in [3.05, 3.63) is 39.5 Å². The molecule has 2 rings (SSSR count). The van der Waals surface area contributed by atoms with Crippen LogP contribution in [0.2, 0.25) is 0 Å². The standard InChI is InChI=1S/C15H22N6O3/c1-5-19-8-6-13(17-19)10-18(4)14(22)7-9-20-12(3)15(21(23)24)11(2)16-20/h6,8H,5,7,9-10H2,1-4H3. The fourth-order valence-corrected chi connectivity index (χ4v) is 2.56. The van der Waals surface area contributed by atoms with Crippen LogP contribution in [0, 0.1) is 24.0 Å². The Morgan fingerprint density at radius 1 is 1.38 bits per heavy atom. The summed E-state index contributed by atoms with van der Waals surface area (Å²) >= 11 is 0. The molecule has 0 saturated heterocycles. The van der Waals surface area contributed by atoms with Crippen LogP contribution in [-0.4, -0.2) is 42.3 Å². The van der Waals surface area contributed by atoms with Crippen molar-refractivity contribution in [3.8, 4) is 0 Å². The van der Waals surface area contributed by atoms with Gasteiger partial charge in [0, 0.05) is 26.2 Å². The second-order valence-corrected chi connectivity index (χ2v) is 5.66. The average molecular weight is 334 g/mol. The van der Waals surface area contributed by atoms with E-state index in [4.69, 9.17) is 0 Å². The summed E-state index contributed by atoms with van der Waals surface area (Å²) in [6.07, 6.45) is 2.10. The van der Waals surface area contributed by atoms with Gasteiger partial charge in [-0.3, -0.25) is 24.3 Å². The molecule has 0 saturated carbocycles. The Bertz CT molecular complexity index is 748. The molecule has 2 heterocycles.